The molecule has 4 heteroatoms. The third-order valence-corrected chi connectivity index (χ3v) is 12.2. The zero-order valence-corrected chi connectivity index (χ0v) is 29.8. The molecule has 0 saturated heterocycles. The summed E-state index contributed by atoms with van der Waals surface area (Å²) in [5.74, 6) is 0. The largest absolute Gasteiger partial charge is 0.308 e. The number of aromatic nitrogens is 3. The minimum Gasteiger partial charge on any atom is -0.308 e. The van der Waals surface area contributed by atoms with E-state index in [0.29, 0.717) is 0 Å². The Labute approximate surface area is 314 Å². The lowest BCUT2D eigenvalue weighted by Gasteiger charge is -2.16. The number of fused-ring (bicyclic) bond motifs is 14. The number of hydrogen-bond acceptors (Lipinski definition) is 3. The molecule has 0 aliphatic carbocycles. The molecule has 0 bridgehead atoms. The zero-order valence-electron chi connectivity index (χ0n) is 29.0. The lowest BCUT2D eigenvalue weighted by Crippen LogP contribution is -1.99. The highest BCUT2D eigenvalue weighted by molar-refractivity contribution is 7.26. The molecule has 0 spiro atoms. The van der Waals surface area contributed by atoms with Crippen molar-refractivity contribution >= 4 is 96.7 Å². The van der Waals surface area contributed by atoms with E-state index < -0.39 is 0 Å². The van der Waals surface area contributed by atoms with Gasteiger partial charge in [0.25, 0.3) is 0 Å². The third-order valence-electron chi connectivity index (χ3n) is 11.1. The second kappa shape index (κ2) is 11.3. The van der Waals surface area contributed by atoms with Gasteiger partial charge in [-0.25, -0.2) is 9.97 Å². The number of nitrogens with zero attached hydrogens (tertiary/aromatic N) is 3. The van der Waals surface area contributed by atoms with Gasteiger partial charge in [-0.15, -0.1) is 11.3 Å². The monoisotopic (exact) mass is 703 g/mol. The van der Waals surface area contributed by atoms with Crippen molar-refractivity contribution in [2.45, 2.75) is 0 Å². The molecule has 3 nitrogen and oxygen atoms in total. The van der Waals surface area contributed by atoms with E-state index in [0.717, 1.165) is 39.2 Å². The standard InChI is InChI=1S/C50H29N3S/c1-2-15-31(16-3-1)48-49(52-40-24-12-11-23-39(40)51-48)32-28-42(45-38-22-10-13-25-43(38)54-44(45)29-32)53-41-27-26-30-14-4-5-17-33(30)46(41)47-36-20-8-6-18-34(36)35-19-7-9-21-37(35)50(47)53/h1-29H. The smallest absolute Gasteiger partial charge is 0.0974 e. The van der Waals surface area contributed by atoms with Gasteiger partial charge in [0.2, 0.25) is 0 Å². The van der Waals surface area contributed by atoms with E-state index in [1.165, 1.54) is 74.3 Å². The van der Waals surface area contributed by atoms with Crippen LogP contribution in [0.1, 0.15) is 0 Å². The van der Waals surface area contributed by atoms with Crippen molar-refractivity contribution in [3.8, 4) is 28.2 Å². The zero-order chi connectivity index (χ0) is 35.3. The third kappa shape index (κ3) is 4.17. The molecule has 0 fully saturated rings. The van der Waals surface area contributed by atoms with Crippen LogP contribution >= 0.6 is 11.3 Å². The summed E-state index contributed by atoms with van der Waals surface area (Å²) >= 11 is 1.85. The molecular formula is C50H29N3S. The van der Waals surface area contributed by atoms with Crippen LogP contribution in [-0.4, -0.2) is 14.5 Å². The molecule has 0 aliphatic heterocycles. The van der Waals surface area contributed by atoms with Crippen LogP contribution < -0.4 is 0 Å². The summed E-state index contributed by atoms with van der Waals surface area (Å²) < 4.78 is 5.05. The second-order valence-corrected chi connectivity index (χ2v) is 15.2. The van der Waals surface area contributed by atoms with Gasteiger partial charge >= 0.3 is 0 Å². The average Bonchev–Trinajstić information content (AvgIpc) is 3.80. The molecule has 0 unspecified atom stereocenters. The minimum atomic E-state index is 0.877. The van der Waals surface area contributed by atoms with Crippen LogP contribution in [0.25, 0.3) is 114 Å². The lowest BCUT2D eigenvalue weighted by atomic mass is 9.95. The van der Waals surface area contributed by atoms with Crippen LogP contribution in [0.5, 0.6) is 0 Å². The number of benzene rings is 9. The molecule has 9 aromatic carbocycles. The van der Waals surface area contributed by atoms with Gasteiger partial charge in [-0.3, -0.25) is 0 Å². The molecule has 54 heavy (non-hydrogen) atoms. The quantitative estimate of drug-likeness (QED) is 0.172. The fraction of sp³-hybridized carbons (Fsp3) is 0. The van der Waals surface area contributed by atoms with E-state index in [1.807, 2.05) is 23.5 Å². The van der Waals surface area contributed by atoms with Crippen LogP contribution in [0, 0.1) is 0 Å². The summed E-state index contributed by atoms with van der Waals surface area (Å²) in [5, 5.41) is 12.6. The Morgan fingerprint density at radius 3 is 1.76 bits per heavy atom. The van der Waals surface area contributed by atoms with E-state index in [-0.39, 0.29) is 0 Å². The van der Waals surface area contributed by atoms with E-state index in [1.54, 1.807) is 0 Å². The Kier molecular flexibility index (Phi) is 6.21. The SMILES string of the molecule is c1ccc(-c2nc3ccccc3nc2-c2cc(-n3c4ccc5ccccc5c4c4c5ccccc5c5ccccc5c43)c3c(c2)sc2ccccc23)cc1. The maximum Gasteiger partial charge on any atom is 0.0974 e. The molecule has 0 amide bonds. The average molecular weight is 704 g/mol. The molecule has 250 valence electrons. The summed E-state index contributed by atoms with van der Waals surface area (Å²) in [6.45, 7) is 0. The first kappa shape index (κ1) is 29.7. The van der Waals surface area contributed by atoms with E-state index in [9.17, 15) is 0 Å². The number of para-hydroxylation sites is 2. The predicted molar refractivity (Wildman–Crippen MR) is 230 cm³/mol. The van der Waals surface area contributed by atoms with Crippen LogP contribution in [0.2, 0.25) is 0 Å². The Bertz CT molecular complexity index is 3500. The highest BCUT2D eigenvalue weighted by Gasteiger charge is 2.24. The normalized spacial score (nSPS) is 12.1. The molecule has 3 heterocycles. The number of thiophene rings is 1. The van der Waals surface area contributed by atoms with Gasteiger partial charge < -0.3 is 4.57 Å². The molecule has 12 rings (SSSR count). The first-order valence-electron chi connectivity index (χ1n) is 18.3. The number of hydrogen-bond donors (Lipinski definition) is 0. The van der Waals surface area contributed by atoms with Gasteiger partial charge in [0.15, 0.2) is 0 Å². The summed E-state index contributed by atoms with van der Waals surface area (Å²) in [6, 6.07) is 63.5. The Morgan fingerprint density at radius 2 is 0.981 bits per heavy atom. The van der Waals surface area contributed by atoms with E-state index in [4.69, 9.17) is 9.97 Å². The topological polar surface area (TPSA) is 30.7 Å². The molecule has 12 aromatic rings. The van der Waals surface area contributed by atoms with Crippen molar-refractivity contribution < 1.29 is 0 Å². The van der Waals surface area contributed by atoms with Crippen molar-refractivity contribution in [3.05, 3.63) is 176 Å². The first-order chi connectivity index (χ1) is 26.8. The minimum absolute atomic E-state index is 0.877. The van der Waals surface area contributed by atoms with Crippen LogP contribution in [0.4, 0.5) is 0 Å². The fourth-order valence-corrected chi connectivity index (χ4v) is 10.00. The maximum atomic E-state index is 5.39. The lowest BCUT2D eigenvalue weighted by molar-refractivity contribution is 1.21. The maximum absolute atomic E-state index is 5.39. The van der Waals surface area contributed by atoms with Gasteiger partial charge in [-0.1, -0.05) is 140 Å². The fourth-order valence-electron chi connectivity index (χ4n) is 8.83. The highest BCUT2D eigenvalue weighted by atomic mass is 32.1. The van der Waals surface area contributed by atoms with Crippen LogP contribution in [0.15, 0.2) is 176 Å². The Balaban J connectivity index is 1.32. The molecule has 0 radical (unpaired) electrons. The second-order valence-electron chi connectivity index (χ2n) is 14.1. The van der Waals surface area contributed by atoms with Crippen molar-refractivity contribution in [3.63, 3.8) is 0 Å². The highest BCUT2D eigenvalue weighted by Crippen LogP contribution is 2.48. The van der Waals surface area contributed by atoms with E-state index >= 15 is 0 Å². The molecule has 0 aliphatic rings. The predicted octanol–water partition coefficient (Wildman–Crippen LogP) is 13.9. The van der Waals surface area contributed by atoms with Crippen molar-refractivity contribution in [2.24, 2.45) is 0 Å². The Hall–Kier alpha value is -6.88. The van der Waals surface area contributed by atoms with Gasteiger partial charge in [0, 0.05) is 47.5 Å². The van der Waals surface area contributed by atoms with Gasteiger partial charge in [0.05, 0.1) is 39.1 Å². The molecule has 0 N–H and O–H groups in total. The molecule has 0 atom stereocenters. The van der Waals surface area contributed by atoms with Crippen LogP contribution in [-0.2, 0) is 0 Å². The Morgan fingerprint density at radius 1 is 0.389 bits per heavy atom. The molecular weight excluding hydrogens is 675 g/mol. The van der Waals surface area contributed by atoms with Crippen LogP contribution in [0.3, 0.4) is 0 Å². The van der Waals surface area contributed by atoms with Crippen molar-refractivity contribution in [1.82, 2.24) is 14.5 Å². The summed E-state index contributed by atoms with van der Waals surface area (Å²) in [7, 11) is 0. The summed E-state index contributed by atoms with van der Waals surface area (Å²) in [6.07, 6.45) is 0. The molecule has 0 saturated carbocycles. The van der Waals surface area contributed by atoms with E-state index in [2.05, 4.69) is 168 Å². The number of rotatable bonds is 3. The van der Waals surface area contributed by atoms with Gasteiger partial charge in [-0.2, -0.15) is 0 Å². The van der Waals surface area contributed by atoms with Gasteiger partial charge in [-0.05, 0) is 63.3 Å². The van der Waals surface area contributed by atoms with Gasteiger partial charge in [0.1, 0.15) is 0 Å². The summed E-state index contributed by atoms with van der Waals surface area (Å²) in [4.78, 5) is 10.7. The van der Waals surface area contributed by atoms with Crippen molar-refractivity contribution in [2.75, 3.05) is 0 Å². The molecule has 3 aromatic heterocycles. The van der Waals surface area contributed by atoms with Crippen molar-refractivity contribution in [1.29, 1.82) is 0 Å². The first-order valence-corrected chi connectivity index (χ1v) is 19.2. The summed E-state index contributed by atoms with van der Waals surface area (Å²) in [5.41, 5.74) is 9.16.